The molecule has 5 nitrogen and oxygen atoms in total. The van der Waals surface area contributed by atoms with Crippen molar-refractivity contribution in [3.05, 3.63) is 46.7 Å². The van der Waals surface area contributed by atoms with Gasteiger partial charge >= 0.3 is 6.18 Å². The average Bonchev–Trinajstić information content (AvgIpc) is 3.14. The van der Waals surface area contributed by atoms with E-state index in [-0.39, 0.29) is 29.8 Å². The minimum atomic E-state index is -4.50. The Kier molecular flexibility index (Phi) is 5.50. The lowest BCUT2D eigenvalue weighted by Crippen LogP contribution is -2.39. The van der Waals surface area contributed by atoms with Gasteiger partial charge in [-0.2, -0.15) is 13.2 Å². The van der Waals surface area contributed by atoms with Crippen molar-refractivity contribution >= 4 is 17.5 Å². The molecule has 0 saturated carbocycles. The number of carbonyl (C=O) groups is 1. The van der Waals surface area contributed by atoms with Crippen molar-refractivity contribution in [3.63, 3.8) is 0 Å². The summed E-state index contributed by atoms with van der Waals surface area (Å²) in [6.07, 6.45) is 0.928. The normalized spacial score (nSPS) is 16.1. The first-order valence-electron chi connectivity index (χ1n) is 8.34. The summed E-state index contributed by atoms with van der Waals surface area (Å²) in [6.45, 7) is 1.22. The monoisotopic (exact) mass is 386 g/mol. The average molecular weight is 387 g/mol. The Labute approximate surface area is 153 Å². The van der Waals surface area contributed by atoms with Crippen LogP contribution in [0, 0.1) is 0 Å². The Hall–Kier alpha value is -2.09. The lowest BCUT2D eigenvalue weighted by atomic mass is 10.0. The van der Waals surface area contributed by atoms with Gasteiger partial charge in [0.1, 0.15) is 0 Å². The number of carbonyl (C=O) groups excluding carboxylic acids is 1. The van der Waals surface area contributed by atoms with E-state index in [2.05, 4.69) is 10.3 Å². The number of hydrogen-bond acceptors (Lipinski definition) is 3. The Balaban J connectivity index is 1.53. The van der Waals surface area contributed by atoms with Crippen LogP contribution < -0.4 is 0 Å². The smallest absolute Gasteiger partial charge is 0.343 e. The van der Waals surface area contributed by atoms with Crippen LogP contribution in [0.5, 0.6) is 0 Å². The van der Waals surface area contributed by atoms with E-state index in [4.69, 9.17) is 11.6 Å². The number of amides is 1. The Morgan fingerprint density at radius 1 is 1.27 bits per heavy atom. The number of aromatic nitrogens is 3. The zero-order chi connectivity index (χ0) is 18.7. The summed E-state index contributed by atoms with van der Waals surface area (Å²) in [6, 6.07) is 4.01. The Morgan fingerprint density at radius 3 is 2.62 bits per heavy atom. The van der Waals surface area contributed by atoms with Crippen molar-refractivity contribution in [1.82, 2.24) is 19.9 Å². The molecule has 0 bridgehead atoms. The largest absolute Gasteiger partial charge is 0.417 e. The van der Waals surface area contributed by atoms with Crippen LogP contribution in [0.1, 0.15) is 36.4 Å². The maximum atomic E-state index is 12.9. The molecule has 0 aliphatic carbocycles. The van der Waals surface area contributed by atoms with Crippen LogP contribution in [0.4, 0.5) is 13.2 Å². The van der Waals surface area contributed by atoms with E-state index in [9.17, 15) is 18.0 Å². The predicted molar refractivity (Wildman–Crippen MR) is 89.6 cm³/mol. The molecular weight excluding hydrogens is 369 g/mol. The summed E-state index contributed by atoms with van der Waals surface area (Å²) < 4.78 is 40.5. The number of alkyl halides is 3. The molecule has 1 saturated heterocycles. The molecule has 0 N–H and O–H groups in total. The Morgan fingerprint density at radius 2 is 2.00 bits per heavy atom. The molecule has 0 radical (unpaired) electrons. The minimum Gasteiger partial charge on any atom is -0.343 e. The van der Waals surface area contributed by atoms with Crippen molar-refractivity contribution in [2.75, 3.05) is 13.1 Å². The number of halogens is 4. The number of piperidine rings is 1. The number of nitrogens with zero attached hydrogens (tertiary/aromatic N) is 4. The third-order valence-corrected chi connectivity index (χ3v) is 4.93. The quantitative estimate of drug-likeness (QED) is 0.804. The van der Waals surface area contributed by atoms with Crippen molar-refractivity contribution < 1.29 is 18.0 Å². The van der Waals surface area contributed by atoms with E-state index in [1.807, 2.05) is 0 Å². The van der Waals surface area contributed by atoms with Gasteiger partial charge in [0.05, 0.1) is 22.8 Å². The van der Waals surface area contributed by atoms with Crippen LogP contribution in [0.25, 0.3) is 0 Å². The van der Waals surface area contributed by atoms with Crippen molar-refractivity contribution in [1.29, 1.82) is 0 Å². The molecular formula is C17H18ClF3N4O. The zero-order valence-electron chi connectivity index (χ0n) is 13.9. The number of benzene rings is 1. The summed E-state index contributed by atoms with van der Waals surface area (Å²) in [5.74, 6) is -0.0504. The topological polar surface area (TPSA) is 51.0 Å². The molecule has 1 aromatic heterocycles. The fourth-order valence-corrected chi connectivity index (χ4v) is 3.37. The third kappa shape index (κ3) is 4.35. The van der Waals surface area contributed by atoms with Gasteiger partial charge in [-0.15, -0.1) is 5.10 Å². The molecule has 1 aromatic carbocycles. The van der Waals surface area contributed by atoms with Gasteiger partial charge in [0, 0.05) is 25.7 Å². The first-order chi connectivity index (χ1) is 12.3. The van der Waals surface area contributed by atoms with E-state index >= 15 is 0 Å². The van der Waals surface area contributed by atoms with E-state index in [1.165, 1.54) is 12.1 Å². The maximum absolute atomic E-state index is 12.9. The fraction of sp³-hybridized carbons (Fsp3) is 0.471. The number of rotatable bonds is 4. The van der Waals surface area contributed by atoms with Gasteiger partial charge < -0.3 is 4.90 Å². The second-order valence-corrected chi connectivity index (χ2v) is 6.71. The molecule has 9 heteroatoms. The predicted octanol–water partition coefficient (Wildman–Crippen LogP) is 3.75. The molecule has 1 amide bonds. The van der Waals surface area contributed by atoms with Crippen LogP contribution >= 0.6 is 11.6 Å². The van der Waals surface area contributed by atoms with Gasteiger partial charge in [-0.05, 0) is 37.0 Å². The molecule has 2 aromatic rings. The molecule has 0 atom stereocenters. The van der Waals surface area contributed by atoms with Gasteiger partial charge in [-0.25, -0.2) is 4.68 Å². The minimum absolute atomic E-state index is 0.0504. The van der Waals surface area contributed by atoms with Crippen LogP contribution in [0.15, 0.2) is 30.6 Å². The molecule has 26 heavy (non-hydrogen) atoms. The summed E-state index contributed by atoms with van der Waals surface area (Å²) in [4.78, 5) is 14.1. The molecule has 1 aliphatic rings. The third-order valence-electron chi connectivity index (χ3n) is 4.60. The lowest BCUT2D eigenvalue weighted by Gasteiger charge is -2.32. The standard InChI is InChI=1S/C17H18ClF3N4O/c18-15-3-1-12(11-14(15)17(19,20)21)2-4-16(26)24-8-5-13(6-9-24)25-10-7-22-23-25/h1,3,7,10-11,13H,2,4-6,8-9H2. The number of aryl methyl sites for hydroxylation is 1. The highest BCUT2D eigenvalue weighted by Crippen LogP contribution is 2.35. The second-order valence-electron chi connectivity index (χ2n) is 6.31. The fourth-order valence-electron chi connectivity index (χ4n) is 3.15. The highest BCUT2D eigenvalue weighted by molar-refractivity contribution is 6.31. The van der Waals surface area contributed by atoms with Crippen LogP contribution in [0.2, 0.25) is 5.02 Å². The SMILES string of the molecule is O=C(CCc1ccc(Cl)c(C(F)(F)F)c1)N1CCC(n2ccnn2)CC1. The molecule has 0 spiro atoms. The van der Waals surface area contributed by atoms with Gasteiger partial charge in [0.25, 0.3) is 0 Å². The lowest BCUT2D eigenvalue weighted by molar-refractivity contribution is -0.137. The van der Waals surface area contributed by atoms with Gasteiger partial charge in [-0.1, -0.05) is 22.9 Å². The maximum Gasteiger partial charge on any atom is 0.417 e. The number of hydrogen-bond donors (Lipinski definition) is 0. The van der Waals surface area contributed by atoms with E-state index in [1.54, 1.807) is 22.0 Å². The van der Waals surface area contributed by atoms with Crippen LogP contribution in [0.3, 0.4) is 0 Å². The molecule has 0 unspecified atom stereocenters. The summed E-state index contributed by atoms with van der Waals surface area (Å²) in [7, 11) is 0. The second kappa shape index (κ2) is 7.65. The van der Waals surface area contributed by atoms with E-state index in [0.29, 0.717) is 18.7 Å². The number of likely N-dealkylation sites (tertiary alicyclic amines) is 1. The summed E-state index contributed by atoms with van der Waals surface area (Å²) in [5.41, 5.74) is -0.412. The first-order valence-corrected chi connectivity index (χ1v) is 8.71. The highest BCUT2D eigenvalue weighted by Gasteiger charge is 2.33. The zero-order valence-corrected chi connectivity index (χ0v) is 14.7. The van der Waals surface area contributed by atoms with Crippen molar-refractivity contribution in [2.45, 2.75) is 37.9 Å². The van der Waals surface area contributed by atoms with Crippen molar-refractivity contribution in [2.24, 2.45) is 0 Å². The summed E-state index contributed by atoms with van der Waals surface area (Å²) >= 11 is 5.61. The van der Waals surface area contributed by atoms with Crippen LogP contribution in [-0.2, 0) is 17.4 Å². The molecule has 2 heterocycles. The Bertz CT molecular complexity index is 756. The summed E-state index contributed by atoms with van der Waals surface area (Å²) in [5, 5.41) is 7.44. The molecule has 1 aliphatic heterocycles. The van der Waals surface area contributed by atoms with E-state index in [0.717, 1.165) is 18.9 Å². The van der Waals surface area contributed by atoms with Crippen molar-refractivity contribution in [3.8, 4) is 0 Å². The van der Waals surface area contributed by atoms with Gasteiger partial charge in [-0.3, -0.25) is 4.79 Å². The van der Waals surface area contributed by atoms with Gasteiger partial charge in [0.2, 0.25) is 5.91 Å². The molecule has 140 valence electrons. The highest BCUT2D eigenvalue weighted by atomic mass is 35.5. The van der Waals surface area contributed by atoms with Crippen LogP contribution in [-0.4, -0.2) is 38.9 Å². The first kappa shape index (κ1) is 18.7. The molecule has 1 fully saturated rings. The molecule has 3 rings (SSSR count). The van der Waals surface area contributed by atoms with Gasteiger partial charge in [0.15, 0.2) is 0 Å². The van der Waals surface area contributed by atoms with E-state index < -0.39 is 11.7 Å².